The van der Waals surface area contributed by atoms with Crippen LogP contribution in [0.2, 0.25) is 0 Å². The zero-order chi connectivity index (χ0) is 19.7. The Morgan fingerprint density at radius 2 is 1.89 bits per heavy atom. The first-order valence-corrected chi connectivity index (χ1v) is 11.1. The lowest BCUT2D eigenvalue weighted by atomic mass is 9.66. The number of aliphatic hydroxyl groups is 1. The van der Waals surface area contributed by atoms with E-state index < -0.39 is 0 Å². The van der Waals surface area contributed by atoms with E-state index in [1.54, 1.807) is 18.9 Å². The third-order valence-electron chi connectivity index (χ3n) is 5.91. The van der Waals surface area contributed by atoms with E-state index in [1.807, 2.05) is 19.2 Å². The predicted molar refractivity (Wildman–Crippen MR) is 114 cm³/mol. The van der Waals surface area contributed by atoms with Gasteiger partial charge in [-0.3, -0.25) is 4.99 Å². The van der Waals surface area contributed by atoms with Crippen LogP contribution in [0, 0.1) is 0 Å². The van der Waals surface area contributed by atoms with Crippen molar-refractivity contribution in [1.82, 2.24) is 0 Å². The maximum Gasteiger partial charge on any atom is 0.161 e. The highest BCUT2D eigenvalue weighted by Gasteiger charge is 2.43. The Labute approximate surface area is 171 Å². The summed E-state index contributed by atoms with van der Waals surface area (Å²) in [6, 6.07) is 12.9. The van der Waals surface area contributed by atoms with Crippen LogP contribution in [-0.2, 0) is 0 Å². The Balaban J connectivity index is 1.80. The van der Waals surface area contributed by atoms with Crippen LogP contribution in [-0.4, -0.2) is 43.4 Å². The van der Waals surface area contributed by atoms with Gasteiger partial charge in [-0.25, -0.2) is 0 Å². The quantitative estimate of drug-likeness (QED) is 0.747. The van der Waals surface area contributed by atoms with Crippen LogP contribution in [0.25, 0.3) is 0 Å². The number of methoxy groups -OCH3 is 1. The zero-order valence-corrected chi connectivity index (χ0v) is 17.4. The zero-order valence-electron chi connectivity index (χ0n) is 16.6. The van der Waals surface area contributed by atoms with Gasteiger partial charge in [-0.2, -0.15) is 0 Å². The third kappa shape index (κ3) is 3.42. The molecule has 0 radical (unpaired) electrons. The molecule has 1 fully saturated rings. The van der Waals surface area contributed by atoms with Crippen molar-refractivity contribution in [2.45, 2.75) is 48.6 Å². The molecule has 0 saturated heterocycles. The molecule has 2 aromatic carbocycles. The maximum atomic E-state index is 11.0. The van der Waals surface area contributed by atoms with Crippen molar-refractivity contribution < 1.29 is 14.6 Å². The molecule has 1 heterocycles. The van der Waals surface area contributed by atoms with Crippen molar-refractivity contribution in [2.75, 3.05) is 20.0 Å². The van der Waals surface area contributed by atoms with Crippen molar-refractivity contribution in [2.24, 2.45) is 4.99 Å². The average molecular weight is 398 g/mol. The summed E-state index contributed by atoms with van der Waals surface area (Å²) in [6.45, 7) is 2.56. The van der Waals surface area contributed by atoms with Gasteiger partial charge in [0, 0.05) is 22.9 Å². The molecular formula is C23H27NO3S. The normalized spacial score (nSPS) is 25.7. The topological polar surface area (TPSA) is 51.0 Å². The first kappa shape index (κ1) is 19.3. The fourth-order valence-corrected chi connectivity index (χ4v) is 5.01. The van der Waals surface area contributed by atoms with E-state index in [4.69, 9.17) is 14.5 Å². The van der Waals surface area contributed by atoms with Crippen LogP contribution >= 0.6 is 11.8 Å². The maximum absolute atomic E-state index is 11.0. The SMILES string of the molecule is CCOc1cc2c(cc1OC)C=NC1CCC(O)C(c3ccc(SC)cc3)C21. The second-order valence-electron chi connectivity index (χ2n) is 7.38. The van der Waals surface area contributed by atoms with Crippen LogP contribution in [0.4, 0.5) is 0 Å². The van der Waals surface area contributed by atoms with Crippen LogP contribution in [0.5, 0.6) is 11.5 Å². The van der Waals surface area contributed by atoms with Gasteiger partial charge in [0.1, 0.15) is 0 Å². The summed E-state index contributed by atoms with van der Waals surface area (Å²) in [6.07, 6.45) is 5.34. The van der Waals surface area contributed by atoms with E-state index in [-0.39, 0.29) is 24.0 Å². The van der Waals surface area contributed by atoms with Crippen LogP contribution in [0.1, 0.15) is 48.3 Å². The second-order valence-corrected chi connectivity index (χ2v) is 8.26. The van der Waals surface area contributed by atoms with Gasteiger partial charge in [0.25, 0.3) is 0 Å². The number of thioether (sulfide) groups is 1. The molecule has 0 spiro atoms. The first-order valence-electron chi connectivity index (χ1n) is 9.86. The van der Waals surface area contributed by atoms with E-state index in [9.17, 15) is 5.11 Å². The van der Waals surface area contributed by atoms with Crippen molar-refractivity contribution in [3.05, 3.63) is 53.1 Å². The summed E-state index contributed by atoms with van der Waals surface area (Å²) in [5, 5.41) is 11.0. The molecule has 0 aromatic heterocycles. The van der Waals surface area contributed by atoms with E-state index in [1.165, 1.54) is 16.0 Å². The van der Waals surface area contributed by atoms with E-state index in [0.717, 1.165) is 29.9 Å². The van der Waals surface area contributed by atoms with E-state index in [0.29, 0.717) is 6.61 Å². The average Bonchev–Trinajstić information content (AvgIpc) is 2.73. The molecule has 0 amide bonds. The van der Waals surface area contributed by atoms with Crippen molar-refractivity contribution in [3.8, 4) is 11.5 Å². The number of fused-ring (bicyclic) bond motifs is 3. The lowest BCUT2D eigenvalue weighted by molar-refractivity contribution is 0.0850. The molecule has 4 unspecified atom stereocenters. The van der Waals surface area contributed by atoms with Gasteiger partial charge in [-0.1, -0.05) is 12.1 Å². The van der Waals surface area contributed by atoms with E-state index in [2.05, 4.69) is 36.6 Å². The molecule has 5 heteroatoms. The third-order valence-corrected chi connectivity index (χ3v) is 6.65. The summed E-state index contributed by atoms with van der Waals surface area (Å²) in [7, 11) is 1.66. The molecule has 4 rings (SSSR count). The second kappa shape index (κ2) is 8.18. The van der Waals surface area contributed by atoms with Gasteiger partial charge in [0.05, 0.1) is 25.9 Å². The lowest BCUT2D eigenvalue weighted by Crippen LogP contribution is -2.39. The Hall–Kier alpha value is -1.98. The molecule has 4 atom stereocenters. The van der Waals surface area contributed by atoms with Crippen LogP contribution in [0.15, 0.2) is 46.3 Å². The predicted octanol–water partition coefficient (Wildman–Crippen LogP) is 4.64. The van der Waals surface area contributed by atoms with Gasteiger partial charge in [0.2, 0.25) is 0 Å². The Kier molecular flexibility index (Phi) is 5.65. The summed E-state index contributed by atoms with van der Waals surface area (Å²) in [4.78, 5) is 6.08. The van der Waals surface area contributed by atoms with Crippen molar-refractivity contribution >= 4 is 18.0 Å². The standard InChI is InChI=1S/C23H27NO3S/c1-4-27-21-12-17-15(11-20(21)26-2)13-24-18-9-10-19(25)22(23(17)18)14-5-7-16(28-3)8-6-14/h5-8,11-13,18-19,22-23,25H,4,9-10H2,1-3H3. The largest absolute Gasteiger partial charge is 0.493 e. The van der Waals surface area contributed by atoms with Crippen LogP contribution in [0.3, 0.4) is 0 Å². The fourth-order valence-electron chi connectivity index (χ4n) is 4.60. The van der Waals surface area contributed by atoms with E-state index >= 15 is 0 Å². The molecule has 1 aliphatic carbocycles. The van der Waals surface area contributed by atoms with Gasteiger partial charge in [-0.05, 0) is 67.0 Å². The van der Waals surface area contributed by atoms with Gasteiger partial charge in [0.15, 0.2) is 11.5 Å². The van der Waals surface area contributed by atoms with Crippen LogP contribution < -0.4 is 9.47 Å². The number of hydrogen-bond donors (Lipinski definition) is 1. The molecule has 1 N–H and O–H groups in total. The minimum Gasteiger partial charge on any atom is -0.493 e. The highest BCUT2D eigenvalue weighted by Crippen LogP contribution is 2.49. The number of ether oxygens (including phenoxy) is 2. The molecule has 1 aliphatic heterocycles. The number of benzene rings is 2. The molecule has 1 saturated carbocycles. The number of hydrogen-bond acceptors (Lipinski definition) is 5. The minimum absolute atomic E-state index is 0.0220. The molecule has 2 aliphatic rings. The highest BCUT2D eigenvalue weighted by atomic mass is 32.2. The highest BCUT2D eigenvalue weighted by molar-refractivity contribution is 7.98. The summed E-state index contributed by atoms with van der Waals surface area (Å²) in [5.41, 5.74) is 3.43. The lowest BCUT2D eigenvalue weighted by Gasteiger charge is -2.42. The number of aliphatic imine (C=N–C) groups is 1. The Morgan fingerprint density at radius 3 is 2.57 bits per heavy atom. The number of nitrogens with zero attached hydrogens (tertiary/aromatic N) is 1. The minimum atomic E-state index is -0.375. The van der Waals surface area contributed by atoms with Crippen molar-refractivity contribution in [1.29, 1.82) is 0 Å². The Morgan fingerprint density at radius 1 is 1.11 bits per heavy atom. The molecule has 148 valence electrons. The monoisotopic (exact) mass is 397 g/mol. The number of aliphatic hydroxyl groups excluding tert-OH is 1. The Bertz CT molecular complexity index is 865. The van der Waals surface area contributed by atoms with Gasteiger partial charge < -0.3 is 14.6 Å². The summed E-state index contributed by atoms with van der Waals surface area (Å²) < 4.78 is 11.4. The van der Waals surface area contributed by atoms with Gasteiger partial charge >= 0.3 is 0 Å². The molecular weight excluding hydrogens is 370 g/mol. The molecule has 4 nitrogen and oxygen atoms in total. The van der Waals surface area contributed by atoms with Gasteiger partial charge in [-0.15, -0.1) is 11.8 Å². The smallest absolute Gasteiger partial charge is 0.161 e. The van der Waals surface area contributed by atoms with Crippen molar-refractivity contribution in [3.63, 3.8) is 0 Å². The molecule has 0 bridgehead atoms. The number of rotatable bonds is 5. The first-order chi connectivity index (χ1) is 13.7. The fraction of sp³-hybridized carbons (Fsp3) is 0.435. The molecule has 2 aromatic rings. The summed E-state index contributed by atoms with van der Waals surface area (Å²) >= 11 is 1.73. The summed E-state index contributed by atoms with van der Waals surface area (Å²) in [5.74, 6) is 1.64. The molecule has 28 heavy (non-hydrogen) atoms.